The Labute approximate surface area is 43.2 Å². The molecule has 0 aromatic carbocycles. The third-order valence-electron chi connectivity index (χ3n) is 2.22. The molecule has 1 saturated carbocycles. The zero-order chi connectivity index (χ0) is 5.02. The molecule has 1 heteroatoms. The van der Waals surface area contributed by atoms with E-state index < -0.39 is 0 Å². The molecule has 0 radical (unpaired) electrons. The van der Waals surface area contributed by atoms with E-state index in [1.54, 1.807) is 0 Å². The first-order valence-corrected chi connectivity index (χ1v) is 2.78. The predicted molar refractivity (Wildman–Crippen MR) is 28.4 cm³/mol. The molecule has 0 aliphatic heterocycles. The summed E-state index contributed by atoms with van der Waals surface area (Å²) in [6.45, 7) is 2.26. The van der Waals surface area contributed by atoms with Crippen molar-refractivity contribution in [3.8, 4) is 0 Å². The van der Waals surface area contributed by atoms with Gasteiger partial charge in [-0.3, -0.25) is 0 Å². The average molecular weight is 95.1 g/mol. The topological polar surface area (TPSA) is 26.0 Å². The van der Waals surface area contributed by atoms with E-state index in [0.29, 0.717) is 0 Å². The van der Waals surface area contributed by atoms with Gasteiger partial charge in [-0.2, -0.15) is 0 Å². The van der Waals surface area contributed by atoms with Crippen LogP contribution in [0.4, 0.5) is 0 Å². The van der Waals surface area contributed by atoms with Gasteiger partial charge in [0.05, 0.1) is 0 Å². The van der Waals surface area contributed by atoms with Gasteiger partial charge in [-0.25, -0.2) is 0 Å². The molecule has 0 spiro atoms. The van der Waals surface area contributed by atoms with E-state index in [-0.39, 0.29) is 0 Å². The fraction of sp³-hybridized carbons (Fsp3) is 0.667. The highest BCUT2D eigenvalue weighted by atomic mass is 14.7. The number of rotatable bonds is 0. The lowest BCUT2D eigenvalue weighted by molar-refractivity contribution is 0.805. The molecule has 0 bridgehead atoms. The Balaban J connectivity index is 2.21. The van der Waals surface area contributed by atoms with Crippen LogP contribution >= 0.6 is 0 Å². The number of allylic oxidation sites excluding steroid dienone is 2. The third-order valence-corrected chi connectivity index (χ3v) is 2.22. The summed E-state index contributed by atoms with van der Waals surface area (Å²) in [5.74, 6) is 2.58. The van der Waals surface area contributed by atoms with Crippen LogP contribution < -0.4 is 5.73 Å². The van der Waals surface area contributed by atoms with E-state index in [1.165, 1.54) is 0 Å². The van der Waals surface area contributed by atoms with E-state index in [9.17, 15) is 0 Å². The summed E-state index contributed by atoms with van der Waals surface area (Å²) in [6, 6.07) is 0. The highest BCUT2D eigenvalue weighted by Crippen LogP contribution is 2.57. The van der Waals surface area contributed by atoms with E-state index in [1.807, 2.05) is 0 Å². The SMILES string of the molecule is C[C@H]1C2C=C(N)C21. The molecule has 2 unspecified atom stereocenters. The molecule has 2 aliphatic rings. The standard InChI is InChI=1S/C6H9N/c1-3-4-2-5(7)6(3)4/h2-4,6H,7H2,1H3/t3-,4?,6?/m0/s1. The number of nitrogens with two attached hydrogens (primary N) is 1. The van der Waals surface area contributed by atoms with Crippen molar-refractivity contribution in [2.75, 3.05) is 0 Å². The maximum Gasteiger partial charge on any atom is 0.00836 e. The molecule has 2 aliphatic carbocycles. The Morgan fingerprint density at radius 1 is 1.71 bits per heavy atom. The Kier molecular flexibility index (Phi) is 0.366. The van der Waals surface area contributed by atoms with Gasteiger partial charge in [-0.05, 0) is 11.8 Å². The van der Waals surface area contributed by atoms with Crippen LogP contribution in [-0.2, 0) is 0 Å². The fourth-order valence-corrected chi connectivity index (χ4v) is 1.49. The first-order valence-electron chi connectivity index (χ1n) is 2.78. The van der Waals surface area contributed by atoms with Crippen molar-refractivity contribution in [1.29, 1.82) is 0 Å². The second-order valence-corrected chi connectivity index (χ2v) is 2.63. The van der Waals surface area contributed by atoms with Gasteiger partial charge in [0, 0.05) is 11.6 Å². The summed E-state index contributed by atoms with van der Waals surface area (Å²) in [4.78, 5) is 0. The van der Waals surface area contributed by atoms with Gasteiger partial charge in [0.15, 0.2) is 0 Å². The summed E-state index contributed by atoms with van der Waals surface area (Å²) in [5.41, 5.74) is 6.65. The van der Waals surface area contributed by atoms with Gasteiger partial charge in [-0.1, -0.05) is 13.0 Å². The van der Waals surface area contributed by atoms with Gasteiger partial charge in [0.25, 0.3) is 0 Å². The Morgan fingerprint density at radius 2 is 2.43 bits per heavy atom. The minimum atomic E-state index is 0.806. The van der Waals surface area contributed by atoms with Crippen LogP contribution in [0.25, 0.3) is 0 Å². The lowest BCUT2D eigenvalue weighted by Gasteiger charge is -2.04. The summed E-state index contributed by atoms with van der Waals surface area (Å²) in [7, 11) is 0. The highest BCUT2D eigenvalue weighted by Gasteiger charge is 2.53. The van der Waals surface area contributed by atoms with E-state index in [2.05, 4.69) is 13.0 Å². The van der Waals surface area contributed by atoms with Crippen LogP contribution in [0.2, 0.25) is 0 Å². The lowest BCUT2D eigenvalue weighted by Crippen LogP contribution is -2.07. The molecule has 7 heavy (non-hydrogen) atoms. The summed E-state index contributed by atoms with van der Waals surface area (Å²) >= 11 is 0. The average Bonchev–Trinajstić information content (AvgIpc) is 2.07. The van der Waals surface area contributed by atoms with Gasteiger partial charge >= 0.3 is 0 Å². The van der Waals surface area contributed by atoms with Crippen LogP contribution in [0.1, 0.15) is 6.92 Å². The monoisotopic (exact) mass is 95.1 g/mol. The van der Waals surface area contributed by atoms with E-state index in [4.69, 9.17) is 5.73 Å². The molecule has 2 N–H and O–H groups in total. The minimum Gasteiger partial charge on any atom is -0.402 e. The molecule has 0 heterocycles. The van der Waals surface area contributed by atoms with Crippen molar-refractivity contribution in [2.24, 2.45) is 23.5 Å². The van der Waals surface area contributed by atoms with Crippen molar-refractivity contribution < 1.29 is 0 Å². The highest BCUT2D eigenvalue weighted by molar-refractivity contribution is 5.32. The Morgan fingerprint density at radius 3 is 2.43 bits per heavy atom. The second kappa shape index (κ2) is 0.726. The van der Waals surface area contributed by atoms with Crippen LogP contribution in [0.5, 0.6) is 0 Å². The predicted octanol–water partition coefficient (Wildman–Crippen LogP) is 0.725. The van der Waals surface area contributed by atoms with Gasteiger partial charge < -0.3 is 5.73 Å². The summed E-state index contributed by atoms with van der Waals surface area (Å²) < 4.78 is 0. The second-order valence-electron chi connectivity index (χ2n) is 2.63. The summed E-state index contributed by atoms with van der Waals surface area (Å²) in [5, 5.41) is 0. The largest absolute Gasteiger partial charge is 0.402 e. The quantitative estimate of drug-likeness (QED) is 0.471. The molecule has 0 aromatic heterocycles. The molecule has 0 saturated heterocycles. The van der Waals surface area contributed by atoms with Crippen molar-refractivity contribution in [1.82, 2.24) is 0 Å². The summed E-state index contributed by atoms with van der Waals surface area (Å²) in [6.07, 6.45) is 2.18. The number of fused-ring (bicyclic) bond motifs is 1. The van der Waals surface area contributed by atoms with Crippen LogP contribution in [0.15, 0.2) is 11.8 Å². The van der Waals surface area contributed by atoms with E-state index in [0.717, 1.165) is 23.5 Å². The molecular formula is C6H9N. The first kappa shape index (κ1) is 3.53. The molecule has 0 amide bonds. The Hall–Kier alpha value is -0.460. The van der Waals surface area contributed by atoms with Crippen molar-refractivity contribution in [3.63, 3.8) is 0 Å². The van der Waals surface area contributed by atoms with Gasteiger partial charge in [0.1, 0.15) is 0 Å². The third kappa shape index (κ3) is 0.226. The zero-order valence-electron chi connectivity index (χ0n) is 4.39. The maximum atomic E-state index is 5.52. The lowest BCUT2D eigenvalue weighted by atomic mass is 10.1. The van der Waals surface area contributed by atoms with Crippen molar-refractivity contribution >= 4 is 0 Å². The molecule has 1 fully saturated rings. The normalized spacial score (nSPS) is 54.4. The van der Waals surface area contributed by atoms with E-state index >= 15 is 0 Å². The number of hydrogen-bond acceptors (Lipinski definition) is 1. The van der Waals surface area contributed by atoms with Crippen molar-refractivity contribution in [3.05, 3.63) is 11.8 Å². The first-order chi connectivity index (χ1) is 3.30. The van der Waals surface area contributed by atoms with Crippen LogP contribution in [0, 0.1) is 17.8 Å². The molecule has 1 nitrogen and oxygen atoms in total. The maximum absolute atomic E-state index is 5.52. The molecular weight excluding hydrogens is 86.1 g/mol. The molecule has 38 valence electrons. The van der Waals surface area contributed by atoms with Crippen LogP contribution in [0.3, 0.4) is 0 Å². The molecule has 3 atom stereocenters. The minimum absolute atomic E-state index is 0.806. The van der Waals surface area contributed by atoms with Gasteiger partial charge in [0.2, 0.25) is 0 Å². The van der Waals surface area contributed by atoms with Gasteiger partial charge in [-0.15, -0.1) is 0 Å². The van der Waals surface area contributed by atoms with Crippen molar-refractivity contribution in [2.45, 2.75) is 6.92 Å². The van der Waals surface area contributed by atoms with Crippen LogP contribution in [-0.4, -0.2) is 0 Å². The zero-order valence-corrected chi connectivity index (χ0v) is 4.39. The number of hydrogen-bond donors (Lipinski definition) is 1. The Bertz CT molecular complexity index is 137. The molecule has 0 aromatic rings. The molecule has 2 rings (SSSR count). The fourth-order valence-electron chi connectivity index (χ4n) is 1.49. The smallest absolute Gasteiger partial charge is 0.00836 e.